The molecular weight excluding hydrogens is 233 g/mol. The highest BCUT2D eigenvalue weighted by molar-refractivity contribution is 9.10. The van der Waals surface area contributed by atoms with Crippen LogP contribution in [-0.2, 0) is 5.54 Å². The Morgan fingerprint density at radius 1 is 1.54 bits per heavy atom. The molecule has 0 fully saturated rings. The molecule has 1 aromatic rings. The van der Waals surface area contributed by atoms with Crippen LogP contribution in [-0.4, -0.2) is 0 Å². The van der Waals surface area contributed by atoms with E-state index in [1.54, 1.807) is 18.2 Å². The highest BCUT2D eigenvalue weighted by Crippen LogP contribution is 2.28. The second kappa shape index (κ2) is 3.76. The first-order valence-corrected chi connectivity index (χ1v) is 5.01. The third-order valence-corrected chi connectivity index (χ3v) is 2.91. The number of rotatable bonds is 2. The fraction of sp³-hybridized carbons (Fsp3) is 0.400. The molecule has 1 nitrogen and oxygen atoms in total. The molecule has 0 saturated carbocycles. The summed E-state index contributed by atoms with van der Waals surface area (Å²) in [5.74, 6) is -0.255. The summed E-state index contributed by atoms with van der Waals surface area (Å²) in [6.45, 7) is 3.78. The number of halogens is 2. The second-order valence-electron chi connectivity index (χ2n) is 3.37. The fourth-order valence-electron chi connectivity index (χ4n) is 1.14. The summed E-state index contributed by atoms with van der Waals surface area (Å²) >= 11 is 3.14. The van der Waals surface area contributed by atoms with E-state index >= 15 is 0 Å². The molecule has 0 aliphatic rings. The quantitative estimate of drug-likeness (QED) is 0.852. The first kappa shape index (κ1) is 10.7. The van der Waals surface area contributed by atoms with Crippen molar-refractivity contribution in [1.29, 1.82) is 0 Å². The van der Waals surface area contributed by atoms with Crippen LogP contribution in [0, 0.1) is 5.82 Å². The number of nitrogens with two attached hydrogens (primary N) is 1. The van der Waals surface area contributed by atoms with Crippen LogP contribution in [0.4, 0.5) is 4.39 Å². The van der Waals surface area contributed by atoms with E-state index in [1.807, 2.05) is 13.8 Å². The van der Waals surface area contributed by atoms with E-state index in [-0.39, 0.29) is 5.82 Å². The van der Waals surface area contributed by atoms with Crippen LogP contribution in [0.15, 0.2) is 22.7 Å². The molecule has 0 aliphatic carbocycles. The summed E-state index contributed by atoms with van der Waals surface area (Å²) < 4.78 is 14.0. The lowest BCUT2D eigenvalue weighted by molar-refractivity contribution is 0.444. The van der Waals surface area contributed by atoms with Crippen molar-refractivity contribution in [3.05, 3.63) is 34.1 Å². The van der Waals surface area contributed by atoms with Gasteiger partial charge in [0.1, 0.15) is 5.82 Å². The molecular formula is C10H13BrFN. The average Bonchev–Trinajstić information content (AvgIpc) is 2.09. The largest absolute Gasteiger partial charge is 0.322 e. The summed E-state index contributed by atoms with van der Waals surface area (Å²) in [5.41, 5.74) is 5.92. The minimum atomic E-state index is -0.589. The predicted octanol–water partition coefficient (Wildman–Crippen LogP) is 3.17. The average molecular weight is 246 g/mol. The molecule has 0 spiro atoms. The van der Waals surface area contributed by atoms with Gasteiger partial charge in [0.15, 0.2) is 0 Å². The van der Waals surface area contributed by atoms with Crippen molar-refractivity contribution in [1.82, 2.24) is 0 Å². The molecule has 1 rings (SSSR count). The van der Waals surface area contributed by atoms with Crippen molar-refractivity contribution in [2.75, 3.05) is 0 Å². The number of hydrogen-bond donors (Lipinski definition) is 1. The second-order valence-corrected chi connectivity index (χ2v) is 4.23. The number of hydrogen-bond acceptors (Lipinski definition) is 1. The first-order valence-electron chi connectivity index (χ1n) is 4.22. The van der Waals surface area contributed by atoms with Crippen molar-refractivity contribution < 1.29 is 4.39 Å². The maximum absolute atomic E-state index is 13.6. The lowest BCUT2D eigenvalue weighted by Gasteiger charge is -2.24. The van der Waals surface area contributed by atoms with Gasteiger partial charge in [0.25, 0.3) is 0 Å². The molecule has 1 aromatic carbocycles. The molecule has 1 unspecified atom stereocenters. The molecule has 0 aromatic heterocycles. The van der Waals surface area contributed by atoms with Gasteiger partial charge in [-0.25, -0.2) is 4.39 Å². The highest BCUT2D eigenvalue weighted by atomic mass is 79.9. The standard InChI is InChI=1S/C10H13BrFN/c1-3-10(2,13)7-5-4-6-8(11)9(7)12/h4-6H,3,13H2,1-2H3. The third kappa shape index (κ3) is 2.09. The van der Waals surface area contributed by atoms with Gasteiger partial charge < -0.3 is 5.73 Å². The van der Waals surface area contributed by atoms with Crippen molar-refractivity contribution in [3.63, 3.8) is 0 Å². The Morgan fingerprint density at radius 3 is 2.69 bits per heavy atom. The van der Waals surface area contributed by atoms with Gasteiger partial charge in [0.05, 0.1) is 4.47 Å². The van der Waals surface area contributed by atoms with E-state index in [1.165, 1.54) is 0 Å². The van der Waals surface area contributed by atoms with Crippen LogP contribution in [0.5, 0.6) is 0 Å². The van der Waals surface area contributed by atoms with Gasteiger partial charge in [0, 0.05) is 11.1 Å². The van der Waals surface area contributed by atoms with Gasteiger partial charge in [-0.3, -0.25) is 0 Å². The van der Waals surface area contributed by atoms with Crippen LogP contribution in [0.2, 0.25) is 0 Å². The SMILES string of the molecule is CCC(C)(N)c1cccc(Br)c1F. The molecule has 1 atom stereocenters. The Morgan fingerprint density at radius 2 is 2.15 bits per heavy atom. The summed E-state index contributed by atoms with van der Waals surface area (Å²) in [6, 6.07) is 5.19. The van der Waals surface area contributed by atoms with E-state index in [9.17, 15) is 4.39 Å². The monoisotopic (exact) mass is 245 g/mol. The van der Waals surface area contributed by atoms with Crippen molar-refractivity contribution in [3.8, 4) is 0 Å². The lowest BCUT2D eigenvalue weighted by atomic mass is 9.90. The van der Waals surface area contributed by atoms with Gasteiger partial charge in [0.2, 0.25) is 0 Å². The van der Waals surface area contributed by atoms with Crippen LogP contribution in [0.1, 0.15) is 25.8 Å². The van der Waals surface area contributed by atoms with E-state index in [0.717, 1.165) is 0 Å². The minimum Gasteiger partial charge on any atom is -0.322 e. The Kier molecular flexibility index (Phi) is 3.09. The molecule has 0 heterocycles. The molecule has 0 aliphatic heterocycles. The summed E-state index contributed by atoms with van der Waals surface area (Å²) in [7, 11) is 0. The van der Waals surface area contributed by atoms with Crippen molar-refractivity contribution >= 4 is 15.9 Å². The minimum absolute atomic E-state index is 0.255. The maximum atomic E-state index is 13.6. The molecule has 0 radical (unpaired) electrons. The predicted molar refractivity (Wildman–Crippen MR) is 55.9 cm³/mol. The molecule has 13 heavy (non-hydrogen) atoms. The van der Waals surface area contributed by atoms with E-state index in [4.69, 9.17) is 5.73 Å². The Labute approximate surface area is 86.3 Å². The summed E-state index contributed by atoms with van der Waals surface area (Å²) in [6.07, 6.45) is 0.709. The zero-order chi connectivity index (χ0) is 10.1. The zero-order valence-electron chi connectivity index (χ0n) is 7.77. The number of benzene rings is 1. The Hall–Kier alpha value is -0.410. The topological polar surface area (TPSA) is 26.0 Å². The highest BCUT2D eigenvalue weighted by Gasteiger charge is 2.23. The molecule has 0 saturated heterocycles. The fourth-order valence-corrected chi connectivity index (χ4v) is 1.50. The Balaban J connectivity index is 3.22. The lowest BCUT2D eigenvalue weighted by Crippen LogP contribution is -2.33. The van der Waals surface area contributed by atoms with Gasteiger partial charge in [-0.05, 0) is 35.3 Å². The maximum Gasteiger partial charge on any atom is 0.142 e. The molecule has 72 valence electrons. The summed E-state index contributed by atoms with van der Waals surface area (Å²) in [4.78, 5) is 0. The van der Waals surface area contributed by atoms with Gasteiger partial charge in [-0.15, -0.1) is 0 Å². The summed E-state index contributed by atoms with van der Waals surface area (Å²) in [5, 5.41) is 0. The van der Waals surface area contributed by atoms with E-state index < -0.39 is 5.54 Å². The molecule has 3 heteroatoms. The molecule has 0 amide bonds. The zero-order valence-corrected chi connectivity index (χ0v) is 9.36. The van der Waals surface area contributed by atoms with Crippen molar-refractivity contribution in [2.45, 2.75) is 25.8 Å². The first-order chi connectivity index (χ1) is 5.99. The van der Waals surface area contributed by atoms with Gasteiger partial charge >= 0.3 is 0 Å². The van der Waals surface area contributed by atoms with Gasteiger partial charge in [-0.2, -0.15) is 0 Å². The smallest absolute Gasteiger partial charge is 0.142 e. The van der Waals surface area contributed by atoms with Crippen molar-refractivity contribution in [2.24, 2.45) is 5.73 Å². The van der Waals surface area contributed by atoms with E-state index in [2.05, 4.69) is 15.9 Å². The molecule has 0 bridgehead atoms. The van der Waals surface area contributed by atoms with Crippen LogP contribution < -0.4 is 5.73 Å². The third-order valence-electron chi connectivity index (χ3n) is 2.30. The van der Waals surface area contributed by atoms with Crippen LogP contribution in [0.25, 0.3) is 0 Å². The Bertz CT molecular complexity index is 310. The normalized spacial score (nSPS) is 15.5. The molecule has 2 N–H and O–H groups in total. The van der Waals surface area contributed by atoms with Crippen LogP contribution >= 0.6 is 15.9 Å². The van der Waals surface area contributed by atoms with E-state index in [0.29, 0.717) is 16.5 Å². The van der Waals surface area contributed by atoms with Crippen LogP contribution in [0.3, 0.4) is 0 Å². The van der Waals surface area contributed by atoms with Gasteiger partial charge in [-0.1, -0.05) is 19.1 Å².